The van der Waals surface area contributed by atoms with E-state index in [2.05, 4.69) is 4.72 Å². The summed E-state index contributed by atoms with van der Waals surface area (Å²) in [6.07, 6.45) is -5.56. The summed E-state index contributed by atoms with van der Waals surface area (Å²) in [6, 6.07) is 1.26. The molecule has 0 bridgehead atoms. The van der Waals surface area contributed by atoms with Gasteiger partial charge in [0.15, 0.2) is 0 Å². The van der Waals surface area contributed by atoms with E-state index in [9.17, 15) is 21.6 Å². The molecule has 0 spiro atoms. The number of thiophene rings is 1. The number of alkyl halides is 3. The number of nitrogens with two attached hydrogens (primary N) is 1. The molecule has 0 fully saturated rings. The van der Waals surface area contributed by atoms with Crippen LogP contribution in [0.2, 0.25) is 0 Å². The van der Waals surface area contributed by atoms with Gasteiger partial charge in [0.2, 0.25) is 10.0 Å². The zero-order chi connectivity index (χ0) is 13.1. The van der Waals surface area contributed by atoms with Crippen LogP contribution in [0.25, 0.3) is 0 Å². The molecule has 0 aromatic carbocycles. The van der Waals surface area contributed by atoms with Gasteiger partial charge in [-0.15, -0.1) is 11.3 Å². The second kappa shape index (κ2) is 5.23. The van der Waals surface area contributed by atoms with Crippen molar-refractivity contribution in [3.05, 3.63) is 11.4 Å². The third-order valence-corrected chi connectivity index (χ3v) is 4.71. The first-order valence-electron chi connectivity index (χ1n) is 4.61. The summed E-state index contributed by atoms with van der Waals surface area (Å²) in [7, 11) is -3.74. The van der Waals surface area contributed by atoms with Gasteiger partial charge in [-0.05, 0) is 12.5 Å². The van der Waals surface area contributed by atoms with E-state index < -0.39 is 22.6 Å². The highest BCUT2D eigenvalue weighted by Crippen LogP contribution is 2.22. The number of hydrogen-bond acceptors (Lipinski definition) is 4. The Labute approximate surface area is 101 Å². The molecule has 98 valence electrons. The molecule has 4 nitrogen and oxygen atoms in total. The number of hydrogen-bond donors (Lipinski definition) is 2. The fraction of sp³-hybridized carbons (Fsp3) is 0.500. The lowest BCUT2D eigenvalue weighted by molar-refractivity contribution is -0.135. The lowest BCUT2D eigenvalue weighted by Gasteiger charge is -2.06. The third kappa shape index (κ3) is 4.92. The molecule has 0 aliphatic heterocycles. The van der Waals surface area contributed by atoms with Crippen LogP contribution in [0.5, 0.6) is 0 Å². The lowest BCUT2D eigenvalue weighted by atomic mass is 10.3. The summed E-state index contributed by atoms with van der Waals surface area (Å²) in [5.74, 6) is 0. The Balaban J connectivity index is 2.46. The fourth-order valence-corrected chi connectivity index (χ4v) is 3.24. The first kappa shape index (κ1) is 14.3. The van der Waals surface area contributed by atoms with Gasteiger partial charge in [0.05, 0.1) is 0 Å². The van der Waals surface area contributed by atoms with E-state index >= 15 is 0 Å². The number of halogens is 3. The Morgan fingerprint density at radius 1 is 1.41 bits per heavy atom. The van der Waals surface area contributed by atoms with E-state index in [1.165, 1.54) is 11.4 Å². The molecule has 0 radical (unpaired) electrons. The zero-order valence-corrected chi connectivity index (χ0v) is 10.3. The van der Waals surface area contributed by atoms with Crippen molar-refractivity contribution in [1.29, 1.82) is 0 Å². The average Bonchev–Trinajstić information content (AvgIpc) is 2.59. The summed E-state index contributed by atoms with van der Waals surface area (Å²) < 4.78 is 60.6. The van der Waals surface area contributed by atoms with Crippen molar-refractivity contribution >= 4 is 27.0 Å². The van der Waals surface area contributed by atoms with Crippen molar-refractivity contribution in [1.82, 2.24) is 4.72 Å². The third-order valence-electron chi connectivity index (χ3n) is 1.79. The maximum absolute atomic E-state index is 11.8. The van der Waals surface area contributed by atoms with Gasteiger partial charge in [0.25, 0.3) is 0 Å². The van der Waals surface area contributed by atoms with Gasteiger partial charge in [-0.25, -0.2) is 13.1 Å². The number of sulfonamides is 1. The first-order valence-corrected chi connectivity index (χ1v) is 6.97. The van der Waals surface area contributed by atoms with Crippen molar-refractivity contribution in [2.24, 2.45) is 0 Å². The summed E-state index contributed by atoms with van der Waals surface area (Å²) >= 11 is 0.922. The standard InChI is InChI=1S/C8H11F3N2O2S2/c9-8(10,11)2-1-3-13-17(14,15)7-4-6(12)5-16-7/h4-5,13H,1-3,12H2. The highest BCUT2D eigenvalue weighted by molar-refractivity contribution is 7.91. The molecule has 0 saturated carbocycles. The molecule has 1 aromatic heterocycles. The van der Waals surface area contributed by atoms with Gasteiger partial charge < -0.3 is 5.73 Å². The van der Waals surface area contributed by atoms with Crippen molar-refractivity contribution in [2.75, 3.05) is 12.3 Å². The largest absolute Gasteiger partial charge is 0.398 e. The van der Waals surface area contributed by atoms with Crippen LogP contribution < -0.4 is 10.5 Å². The van der Waals surface area contributed by atoms with Gasteiger partial charge in [0, 0.05) is 24.0 Å². The topological polar surface area (TPSA) is 72.2 Å². The Morgan fingerprint density at radius 3 is 2.53 bits per heavy atom. The number of nitrogens with one attached hydrogen (secondary N) is 1. The van der Waals surface area contributed by atoms with Crippen LogP contribution in [0.1, 0.15) is 12.8 Å². The van der Waals surface area contributed by atoms with Crippen LogP contribution in [0.15, 0.2) is 15.7 Å². The van der Waals surface area contributed by atoms with E-state index in [1.807, 2.05) is 0 Å². The lowest BCUT2D eigenvalue weighted by Crippen LogP contribution is -2.25. The Morgan fingerprint density at radius 2 is 2.06 bits per heavy atom. The summed E-state index contributed by atoms with van der Waals surface area (Å²) in [5, 5.41) is 1.45. The molecule has 0 unspecified atom stereocenters. The Kier molecular flexibility index (Phi) is 4.39. The van der Waals surface area contributed by atoms with E-state index in [1.54, 1.807) is 0 Å². The summed E-state index contributed by atoms with van der Waals surface area (Å²) in [4.78, 5) is 0. The first-order chi connectivity index (χ1) is 7.71. The van der Waals surface area contributed by atoms with Gasteiger partial charge in [0.1, 0.15) is 4.21 Å². The molecule has 1 heterocycles. The molecule has 0 aliphatic rings. The smallest absolute Gasteiger partial charge is 0.389 e. The molecule has 0 aliphatic carbocycles. The van der Waals surface area contributed by atoms with Crippen LogP contribution in [-0.2, 0) is 10.0 Å². The number of anilines is 1. The van der Waals surface area contributed by atoms with Gasteiger partial charge in [-0.1, -0.05) is 0 Å². The molecular weight excluding hydrogens is 277 g/mol. The zero-order valence-electron chi connectivity index (χ0n) is 8.62. The highest BCUT2D eigenvalue weighted by atomic mass is 32.2. The predicted octanol–water partition coefficient (Wildman–Crippen LogP) is 1.95. The van der Waals surface area contributed by atoms with Crippen LogP contribution in [0, 0.1) is 0 Å². The van der Waals surface area contributed by atoms with Crippen LogP contribution in [0.3, 0.4) is 0 Å². The fourth-order valence-electron chi connectivity index (χ4n) is 1.04. The Bertz CT molecular complexity index is 467. The molecular formula is C8H11F3N2O2S2. The number of nitrogen functional groups attached to an aromatic ring is 1. The van der Waals surface area contributed by atoms with Crippen molar-refractivity contribution < 1.29 is 21.6 Å². The molecule has 3 N–H and O–H groups in total. The van der Waals surface area contributed by atoms with Gasteiger partial charge >= 0.3 is 6.18 Å². The van der Waals surface area contributed by atoms with Crippen molar-refractivity contribution in [3.63, 3.8) is 0 Å². The predicted molar refractivity (Wildman–Crippen MR) is 59.2 cm³/mol. The quantitative estimate of drug-likeness (QED) is 0.813. The SMILES string of the molecule is Nc1csc(S(=O)(=O)NCCCC(F)(F)F)c1. The minimum Gasteiger partial charge on any atom is -0.398 e. The molecule has 1 aromatic rings. The van der Waals surface area contributed by atoms with Crippen LogP contribution >= 0.6 is 11.3 Å². The van der Waals surface area contributed by atoms with Gasteiger partial charge in [-0.2, -0.15) is 13.2 Å². The molecule has 1 rings (SSSR count). The van der Waals surface area contributed by atoms with E-state index in [0.717, 1.165) is 11.3 Å². The van der Waals surface area contributed by atoms with E-state index in [0.29, 0.717) is 5.69 Å². The monoisotopic (exact) mass is 288 g/mol. The molecule has 17 heavy (non-hydrogen) atoms. The highest BCUT2D eigenvalue weighted by Gasteiger charge is 2.26. The van der Waals surface area contributed by atoms with Crippen LogP contribution in [-0.4, -0.2) is 21.1 Å². The minimum atomic E-state index is -4.27. The minimum absolute atomic E-state index is 0.00186. The summed E-state index contributed by atoms with van der Waals surface area (Å²) in [5.41, 5.74) is 5.67. The summed E-state index contributed by atoms with van der Waals surface area (Å²) in [6.45, 7) is -0.250. The molecule has 9 heteroatoms. The Hall–Kier alpha value is -0.800. The normalized spacial score (nSPS) is 12.9. The average molecular weight is 288 g/mol. The number of rotatable bonds is 5. The van der Waals surface area contributed by atoms with Crippen LogP contribution in [0.4, 0.5) is 18.9 Å². The maximum Gasteiger partial charge on any atom is 0.389 e. The molecule has 0 amide bonds. The maximum atomic E-state index is 11.8. The second-order valence-corrected chi connectivity index (χ2v) is 6.22. The van der Waals surface area contributed by atoms with Crippen molar-refractivity contribution in [3.8, 4) is 0 Å². The van der Waals surface area contributed by atoms with E-state index in [4.69, 9.17) is 5.73 Å². The molecule has 0 saturated heterocycles. The van der Waals surface area contributed by atoms with Gasteiger partial charge in [-0.3, -0.25) is 0 Å². The van der Waals surface area contributed by atoms with Crippen molar-refractivity contribution in [2.45, 2.75) is 23.2 Å². The second-order valence-electron chi connectivity index (χ2n) is 3.32. The van der Waals surface area contributed by atoms with E-state index in [-0.39, 0.29) is 17.2 Å². The molecule has 0 atom stereocenters.